The Morgan fingerprint density at radius 1 is 1.20 bits per heavy atom. The van der Waals surface area contributed by atoms with Gasteiger partial charge in [0.1, 0.15) is 5.58 Å². The summed E-state index contributed by atoms with van der Waals surface area (Å²) in [6, 6.07) is 7.90. The molecule has 0 bridgehead atoms. The lowest BCUT2D eigenvalue weighted by molar-refractivity contribution is 0.0926. The Balaban J connectivity index is 1.94. The fraction of sp³-hybridized carbons (Fsp3) is 0.412. The van der Waals surface area contributed by atoms with Gasteiger partial charge in [0.15, 0.2) is 11.2 Å². The Kier molecular flexibility index (Phi) is 6.93. The molecule has 0 saturated heterocycles. The molecule has 0 saturated carbocycles. The molecule has 1 aromatic heterocycles. The van der Waals surface area contributed by atoms with Crippen molar-refractivity contribution in [2.75, 3.05) is 25.9 Å². The van der Waals surface area contributed by atoms with Crippen LogP contribution in [0.2, 0.25) is 0 Å². The highest BCUT2D eigenvalue weighted by atomic mass is 31.2. The number of rotatable bonds is 9. The van der Waals surface area contributed by atoms with Gasteiger partial charge < -0.3 is 18.8 Å². The van der Waals surface area contributed by atoms with Crippen molar-refractivity contribution in [1.82, 2.24) is 5.32 Å². The molecule has 25 heavy (non-hydrogen) atoms. The third-order valence-electron chi connectivity index (χ3n) is 3.40. The third kappa shape index (κ3) is 5.26. The number of para-hydroxylation sites is 1. The molecule has 0 aliphatic carbocycles. The predicted molar refractivity (Wildman–Crippen MR) is 95.2 cm³/mol. The maximum atomic E-state index is 12.3. The molecular weight excluding hydrogens is 345 g/mol. The molecule has 2 rings (SSSR count). The second-order valence-corrected chi connectivity index (χ2v) is 7.44. The van der Waals surface area contributed by atoms with Gasteiger partial charge in [-0.05, 0) is 32.4 Å². The molecule has 1 amide bonds. The molecule has 0 spiro atoms. The maximum Gasteiger partial charge on any atom is 0.330 e. The fourth-order valence-corrected chi connectivity index (χ4v) is 4.00. The largest absolute Gasteiger partial charge is 0.451 e. The van der Waals surface area contributed by atoms with E-state index < -0.39 is 13.5 Å². The lowest BCUT2D eigenvalue weighted by Crippen LogP contribution is -2.26. The summed E-state index contributed by atoms with van der Waals surface area (Å²) in [6.45, 7) is 4.35. The van der Waals surface area contributed by atoms with Crippen LogP contribution < -0.4 is 10.7 Å². The van der Waals surface area contributed by atoms with E-state index in [0.717, 1.165) is 0 Å². The molecule has 0 radical (unpaired) electrons. The van der Waals surface area contributed by atoms with Gasteiger partial charge >= 0.3 is 7.60 Å². The summed E-state index contributed by atoms with van der Waals surface area (Å²) in [5.41, 5.74) is 0.0848. The Labute approximate surface area is 145 Å². The van der Waals surface area contributed by atoms with Gasteiger partial charge in [-0.1, -0.05) is 12.1 Å². The zero-order chi connectivity index (χ0) is 18.3. The number of amides is 1. The molecule has 7 nitrogen and oxygen atoms in total. The van der Waals surface area contributed by atoms with Gasteiger partial charge in [-0.25, -0.2) is 0 Å². The summed E-state index contributed by atoms with van der Waals surface area (Å²) in [7, 11) is -3.12. The Bertz CT molecular complexity index is 821. The quantitative estimate of drug-likeness (QED) is 0.540. The van der Waals surface area contributed by atoms with Gasteiger partial charge in [-0.2, -0.15) is 0 Å². The van der Waals surface area contributed by atoms with Crippen LogP contribution in [0, 0.1) is 0 Å². The minimum Gasteiger partial charge on any atom is -0.451 e. The summed E-state index contributed by atoms with van der Waals surface area (Å²) in [4.78, 5) is 24.1. The number of hydrogen-bond acceptors (Lipinski definition) is 6. The smallest absolute Gasteiger partial charge is 0.330 e. The number of hydrogen-bond donors (Lipinski definition) is 1. The molecule has 2 aromatic rings. The zero-order valence-electron chi connectivity index (χ0n) is 14.3. The van der Waals surface area contributed by atoms with Gasteiger partial charge in [0.2, 0.25) is 0 Å². The van der Waals surface area contributed by atoms with Crippen LogP contribution in [0.1, 0.15) is 30.8 Å². The summed E-state index contributed by atoms with van der Waals surface area (Å²) in [6.07, 6.45) is 0.622. The minimum atomic E-state index is -3.12. The van der Waals surface area contributed by atoms with E-state index in [9.17, 15) is 14.2 Å². The molecular formula is C17H22NO6P. The average Bonchev–Trinajstić information content (AvgIpc) is 2.59. The van der Waals surface area contributed by atoms with E-state index in [-0.39, 0.29) is 23.9 Å². The highest BCUT2D eigenvalue weighted by Crippen LogP contribution is 2.48. The van der Waals surface area contributed by atoms with E-state index in [1.165, 1.54) is 6.07 Å². The first kappa shape index (κ1) is 19.4. The van der Waals surface area contributed by atoms with Gasteiger partial charge in [-0.3, -0.25) is 14.2 Å². The maximum absolute atomic E-state index is 12.3. The van der Waals surface area contributed by atoms with Crippen molar-refractivity contribution in [3.8, 4) is 0 Å². The molecule has 0 unspecified atom stereocenters. The van der Waals surface area contributed by atoms with Crippen LogP contribution in [0.3, 0.4) is 0 Å². The van der Waals surface area contributed by atoms with E-state index in [2.05, 4.69) is 5.32 Å². The minimum absolute atomic E-state index is 0.0542. The van der Waals surface area contributed by atoms with Crippen molar-refractivity contribution in [1.29, 1.82) is 0 Å². The monoisotopic (exact) mass is 367 g/mol. The van der Waals surface area contributed by atoms with Crippen molar-refractivity contribution >= 4 is 24.5 Å². The van der Waals surface area contributed by atoms with Crippen LogP contribution >= 0.6 is 7.60 Å². The first-order chi connectivity index (χ1) is 12.0. The van der Waals surface area contributed by atoms with E-state index in [1.807, 2.05) is 0 Å². The Morgan fingerprint density at radius 3 is 2.56 bits per heavy atom. The van der Waals surface area contributed by atoms with Crippen molar-refractivity contribution in [3.05, 3.63) is 46.3 Å². The second-order valence-electron chi connectivity index (χ2n) is 5.25. The van der Waals surface area contributed by atoms with E-state index in [0.29, 0.717) is 30.6 Å². The number of fused-ring (bicyclic) bond motifs is 1. The van der Waals surface area contributed by atoms with Crippen LogP contribution in [0.4, 0.5) is 0 Å². The van der Waals surface area contributed by atoms with Crippen LogP contribution in [0.25, 0.3) is 11.0 Å². The number of nitrogens with one attached hydrogen (secondary N) is 1. The summed E-state index contributed by atoms with van der Waals surface area (Å²) < 4.78 is 28.1. The van der Waals surface area contributed by atoms with Crippen molar-refractivity contribution < 1.29 is 22.8 Å². The standard InChI is InChI=1S/C17H22NO6P/c1-3-22-25(21,23-4-2)11-7-10-18-17(20)16-12-14(19)13-8-5-6-9-15(13)24-16/h5-6,8-9,12H,3-4,7,10-11H2,1-2H3,(H,18,20). The molecule has 0 fully saturated rings. The predicted octanol–water partition coefficient (Wildman–Crippen LogP) is 3.18. The molecule has 1 heterocycles. The third-order valence-corrected chi connectivity index (χ3v) is 5.57. The summed E-state index contributed by atoms with van der Waals surface area (Å²) in [5.74, 6) is -0.549. The van der Waals surface area contributed by atoms with E-state index in [4.69, 9.17) is 13.5 Å². The van der Waals surface area contributed by atoms with E-state index >= 15 is 0 Å². The Hall–Kier alpha value is -1.95. The highest BCUT2D eigenvalue weighted by molar-refractivity contribution is 7.53. The Morgan fingerprint density at radius 2 is 1.88 bits per heavy atom. The summed E-state index contributed by atoms with van der Waals surface area (Å²) in [5, 5.41) is 3.07. The SMILES string of the molecule is CCOP(=O)(CCCNC(=O)c1cc(=O)c2ccccc2o1)OCC. The van der Waals surface area contributed by atoms with Crippen molar-refractivity contribution in [2.45, 2.75) is 20.3 Å². The van der Waals surface area contributed by atoms with Crippen molar-refractivity contribution in [2.24, 2.45) is 0 Å². The normalized spacial score (nSPS) is 11.6. The number of benzene rings is 1. The number of carbonyl (C=O) groups is 1. The van der Waals surface area contributed by atoms with Gasteiger partial charge in [-0.15, -0.1) is 0 Å². The zero-order valence-corrected chi connectivity index (χ0v) is 15.2. The summed E-state index contributed by atoms with van der Waals surface area (Å²) >= 11 is 0. The van der Waals surface area contributed by atoms with Gasteiger partial charge in [0.25, 0.3) is 5.91 Å². The second kappa shape index (κ2) is 8.94. The van der Waals surface area contributed by atoms with E-state index in [1.54, 1.807) is 38.1 Å². The first-order valence-electron chi connectivity index (χ1n) is 8.18. The van der Waals surface area contributed by atoms with Crippen LogP contribution in [0.15, 0.2) is 39.5 Å². The topological polar surface area (TPSA) is 94.8 Å². The van der Waals surface area contributed by atoms with Crippen LogP contribution in [-0.2, 0) is 13.6 Å². The molecule has 1 aromatic carbocycles. The van der Waals surface area contributed by atoms with Crippen LogP contribution in [-0.4, -0.2) is 31.8 Å². The molecule has 0 aliphatic rings. The molecule has 136 valence electrons. The van der Waals surface area contributed by atoms with Crippen molar-refractivity contribution in [3.63, 3.8) is 0 Å². The van der Waals surface area contributed by atoms with Crippen LogP contribution in [0.5, 0.6) is 0 Å². The molecule has 1 N–H and O–H groups in total. The molecule has 0 atom stereocenters. The van der Waals surface area contributed by atoms with Gasteiger partial charge in [0.05, 0.1) is 24.8 Å². The first-order valence-corrected chi connectivity index (χ1v) is 9.91. The van der Waals surface area contributed by atoms with Gasteiger partial charge in [0, 0.05) is 12.6 Å². The number of carbonyl (C=O) groups excluding carboxylic acids is 1. The fourth-order valence-electron chi connectivity index (χ4n) is 2.34. The molecule has 8 heteroatoms. The lowest BCUT2D eigenvalue weighted by Gasteiger charge is -2.16. The lowest BCUT2D eigenvalue weighted by atomic mass is 10.2. The average molecular weight is 367 g/mol. The highest BCUT2D eigenvalue weighted by Gasteiger charge is 2.22. The molecule has 0 aliphatic heterocycles.